The lowest BCUT2D eigenvalue weighted by molar-refractivity contribution is -0.0934. The second kappa shape index (κ2) is 4.09. The summed E-state index contributed by atoms with van der Waals surface area (Å²) >= 11 is 3.56. The van der Waals surface area contributed by atoms with Crippen LogP contribution in [0.5, 0.6) is 0 Å². The molecule has 0 aromatic heterocycles. The van der Waals surface area contributed by atoms with E-state index in [1.165, 1.54) is 7.11 Å². The van der Waals surface area contributed by atoms with Crippen LogP contribution in [-0.2, 0) is 9.47 Å². The Morgan fingerprint density at radius 2 is 1.89 bits per heavy atom. The lowest BCUT2D eigenvalue weighted by Gasteiger charge is -2.39. The molecule has 1 N–H and O–H groups in total. The van der Waals surface area contributed by atoms with E-state index in [-0.39, 0.29) is 23.8 Å². The summed E-state index contributed by atoms with van der Waals surface area (Å²) in [4.78, 5) is 13.7. The van der Waals surface area contributed by atoms with E-state index in [1.807, 2.05) is 20.8 Å². The summed E-state index contributed by atoms with van der Waals surface area (Å²) in [7, 11) is 1.36. The van der Waals surface area contributed by atoms with Crippen LogP contribution in [0.3, 0.4) is 0 Å². The number of carbonyl (C=O) groups is 1. The predicted molar refractivity (Wildman–Crippen MR) is 74.1 cm³/mol. The number of halogens is 1. The zero-order valence-electron chi connectivity index (χ0n) is 12.2. The number of rotatable bonds is 1. The van der Waals surface area contributed by atoms with Crippen molar-refractivity contribution in [2.75, 3.05) is 7.11 Å². The van der Waals surface area contributed by atoms with Crippen molar-refractivity contribution >= 4 is 22.0 Å². The zero-order chi connectivity index (χ0) is 14.8. The second-order valence-corrected chi connectivity index (χ2v) is 8.24. The molecule has 1 amide bonds. The predicted octanol–water partition coefficient (Wildman–Crippen LogP) is 2.11. The van der Waals surface area contributed by atoms with Crippen molar-refractivity contribution in [1.82, 2.24) is 4.90 Å². The Morgan fingerprint density at radius 3 is 2.26 bits per heavy atom. The zero-order valence-corrected chi connectivity index (χ0v) is 13.8. The molecule has 1 heterocycles. The minimum atomic E-state index is -0.989. The van der Waals surface area contributed by atoms with Gasteiger partial charge in [0.2, 0.25) is 0 Å². The van der Waals surface area contributed by atoms with Crippen molar-refractivity contribution in [2.24, 2.45) is 5.41 Å². The summed E-state index contributed by atoms with van der Waals surface area (Å²) < 4.78 is 10.2. The van der Waals surface area contributed by atoms with Crippen LogP contribution in [0.4, 0.5) is 4.79 Å². The molecule has 1 aliphatic carbocycles. The van der Waals surface area contributed by atoms with Crippen molar-refractivity contribution in [1.29, 1.82) is 0 Å². The van der Waals surface area contributed by atoms with Gasteiger partial charge in [-0.25, -0.2) is 4.79 Å². The molecule has 0 bridgehead atoms. The Kier molecular flexibility index (Phi) is 3.24. The van der Waals surface area contributed by atoms with Crippen LogP contribution in [0.1, 0.15) is 34.6 Å². The van der Waals surface area contributed by atoms with Crippen LogP contribution in [0.2, 0.25) is 0 Å². The summed E-state index contributed by atoms with van der Waals surface area (Å²) in [6, 6.07) is -0.204. The largest absolute Gasteiger partial charge is 0.453 e. The molecular formula is C13H22BrNO4. The van der Waals surface area contributed by atoms with Gasteiger partial charge in [0.05, 0.1) is 18.8 Å². The fourth-order valence-corrected chi connectivity index (χ4v) is 3.52. The third kappa shape index (κ3) is 1.99. The number of hydrogen-bond acceptors (Lipinski definition) is 4. The molecule has 19 heavy (non-hydrogen) atoms. The van der Waals surface area contributed by atoms with Gasteiger partial charge < -0.3 is 14.6 Å². The molecule has 1 saturated carbocycles. The maximum absolute atomic E-state index is 12.0. The lowest BCUT2D eigenvalue weighted by atomic mass is 9.92. The molecule has 4 atom stereocenters. The molecule has 1 saturated heterocycles. The molecule has 2 rings (SSSR count). The number of alkyl halides is 1. The highest BCUT2D eigenvalue weighted by Gasteiger charge is 2.80. The Bertz CT molecular complexity index is 400. The quantitative estimate of drug-likeness (QED) is 0.745. The fraction of sp³-hybridized carbons (Fsp3) is 0.923. The molecule has 1 aliphatic heterocycles. The van der Waals surface area contributed by atoms with E-state index in [2.05, 4.69) is 15.9 Å². The molecule has 2 aliphatic rings. The van der Waals surface area contributed by atoms with E-state index in [4.69, 9.17) is 9.47 Å². The maximum Gasteiger partial charge on any atom is 0.411 e. The summed E-state index contributed by atoms with van der Waals surface area (Å²) in [5.41, 5.74) is -1.20. The van der Waals surface area contributed by atoms with Gasteiger partial charge in [0.25, 0.3) is 0 Å². The summed E-state index contributed by atoms with van der Waals surface area (Å²) in [5, 5.41) is 10.3. The Hall–Kier alpha value is -0.330. The van der Waals surface area contributed by atoms with Gasteiger partial charge in [0, 0.05) is 5.41 Å². The number of carbonyl (C=O) groups excluding carboxylic acids is 1. The van der Waals surface area contributed by atoms with Crippen LogP contribution in [0.15, 0.2) is 0 Å². The number of nitrogens with zero attached hydrogens (tertiary/aromatic N) is 1. The second-order valence-electron chi connectivity index (χ2n) is 6.92. The van der Waals surface area contributed by atoms with Crippen LogP contribution >= 0.6 is 15.9 Å². The Balaban J connectivity index is 2.31. The summed E-state index contributed by atoms with van der Waals surface area (Å²) in [6.07, 6.45) is -0.975. The number of fused-ring (bicyclic) bond motifs is 1. The number of amides is 1. The SMILES string of the molecule is COC(=O)N1C(C(C)(C)C)OC2C1C2(Br)C(C)(C)O. The van der Waals surface area contributed by atoms with Crippen LogP contribution < -0.4 is 0 Å². The topological polar surface area (TPSA) is 59.0 Å². The highest BCUT2D eigenvalue weighted by Crippen LogP contribution is 2.62. The van der Waals surface area contributed by atoms with Gasteiger partial charge in [-0.15, -0.1) is 0 Å². The molecule has 4 unspecified atom stereocenters. The van der Waals surface area contributed by atoms with Crippen molar-refractivity contribution < 1.29 is 19.4 Å². The van der Waals surface area contributed by atoms with Gasteiger partial charge in [-0.05, 0) is 13.8 Å². The lowest BCUT2D eigenvalue weighted by Crippen LogP contribution is -2.53. The average Bonchev–Trinajstić information content (AvgIpc) is 2.69. The minimum Gasteiger partial charge on any atom is -0.453 e. The van der Waals surface area contributed by atoms with Gasteiger partial charge in [0.1, 0.15) is 16.7 Å². The minimum absolute atomic E-state index is 0.204. The normalized spacial score (nSPS) is 38.1. The monoisotopic (exact) mass is 335 g/mol. The van der Waals surface area contributed by atoms with E-state index < -0.39 is 16.0 Å². The maximum atomic E-state index is 12.0. The summed E-state index contributed by atoms with van der Waals surface area (Å²) in [6.45, 7) is 9.46. The molecule has 0 spiro atoms. The highest BCUT2D eigenvalue weighted by molar-refractivity contribution is 9.10. The molecule has 6 heteroatoms. The van der Waals surface area contributed by atoms with Gasteiger partial charge in [-0.3, -0.25) is 4.90 Å². The van der Waals surface area contributed by atoms with Crippen molar-refractivity contribution in [3.63, 3.8) is 0 Å². The standard InChI is InChI=1S/C13H22BrNO4/c1-11(2,3)9-15(10(16)18-6)7-8(19-9)13(7,14)12(4,5)17/h7-9,17H,1-6H3. The van der Waals surface area contributed by atoms with Crippen molar-refractivity contribution in [3.05, 3.63) is 0 Å². The molecule has 0 aromatic rings. The third-order valence-corrected chi connectivity index (χ3v) is 5.80. The van der Waals surface area contributed by atoms with Gasteiger partial charge >= 0.3 is 6.09 Å². The molecule has 0 aromatic carbocycles. The molecule has 0 radical (unpaired) electrons. The molecular weight excluding hydrogens is 314 g/mol. The highest BCUT2D eigenvalue weighted by atomic mass is 79.9. The smallest absolute Gasteiger partial charge is 0.411 e. The van der Waals surface area contributed by atoms with E-state index in [1.54, 1.807) is 18.7 Å². The van der Waals surface area contributed by atoms with Crippen LogP contribution in [-0.4, -0.2) is 51.5 Å². The van der Waals surface area contributed by atoms with Crippen molar-refractivity contribution in [3.8, 4) is 0 Å². The average molecular weight is 336 g/mol. The van der Waals surface area contributed by atoms with Gasteiger partial charge in [-0.2, -0.15) is 0 Å². The number of hydrogen-bond donors (Lipinski definition) is 1. The molecule has 2 fully saturated rings. The van der Waals surface area contributed by atoms with E-state index in [0.717, 1.165) is 0 Å². The van der Waals surface area contributed by atoms with Crippen molar-refractivity contribution in [2.45, 2.75) is 62.9 Å². The van der Waals surface area contributed by atoms with E-state index >= 15 is 0 Å². The van der Waals surface area contributed by atoms with Crippen LogP contribution in [0.25, 0.3) is 0 Å². The number of ether oxygens (including phenoxy) is 2. The van der Waals surface area contributed by atoms with Gasteiger partial charge in [0.15, 0.2) is 0 Å². The molecule has 110 valence electrons. The van der Waals surface area contributed by atoms with Crippen LogP contribution in [0, 0.1) is 5.41 Å². The fourth-order valence-electron chi connectivity index (χ4n) is 2.83. The Morgan fingerprint density at radius 1 is 1.37 bits per heavy atom. The van der Waals surface area contributed by atoms with E-state index in [9.17, 15) is 9.90 Å². The Labute approximate surface area is 122 Å². The summed E-state index contributed by atoms with van der Waals surface area (Å²) in [5.74, 6) is 0. The number of methoxy groups -OCH3 is 1. The molecule has 5 nitrogen and oxygen atoms in total. The number of aliphatic hydroxyl groups is 1. The van der Waals surface area contributed by atoms with Gasteiger partial charge in [-0.1, -0.05) is 36.7 Å². The first-order valence-corrected chi connectivity index (χ1v) is 7.18. The van der Waals surface area contributed by atoms with E-state index in [0.29, 0.717) is 0 Å². The first kappa shape index (κ1) is 15.1. The first-order valence-electron chi connectivity index (χ1n) is 6.39. The third-order valence-electron chi connectivity index (χ3n) is 3.91. The first-order chi connectivity index (χ1) is 8.46.